The van der Waals surface area contributed by atoms with Crippen LogP contribution in [0.5, 0.6) is 0 Å². The van der Waals surface area contributed by atoms with Crippen molar-refractivity contribution in [2.24, 2.45) is 5.73 Å². The number of rotatable bonds is 4. The van der Waals surface area contributed by atoms with Crippen molar-refractivity contribution in [1.29, 1.82) is 0 Å². The molecule has 0 spiro atoms. The number of benzene rings is 1. The highest BCUT2D eigenvalue weighted by Gasteiger charge is 2.26. The van der Waals surface area contributed by atoms with Crippen LogP contribution in [-0.4, -0.2) is 23.7 Å². The smallest absolute Gasteiger partial charge is 0.325 e. The molecule has 0 radical (unpaired) electrons. The first kappa shape index (κ1) is 14.0. The lowest BCUT2D eigenvalue weighted by atomic mass is 9.98. The van der Waals surface area contributed by atoms with Gasteiger partial charge < -0.3 is 15.6 Å². The van der Waals surface area contributed by atoms with Crippen LogP contribution in [0.1, 0.15) is 24.2 Å². The van der Waals surface area contributed by atoms with Gasteiger partial charge in [0.05, 0.1) is 6.61 Å². The molecule has 4 nitrogen and oxygen atoms in total. The van der Waals surface area contributed by atoms with E-state index in [1.807, 2.05) is 0 Å². The zero-order chi connectivity index (χ0) is 13.0. The molecule has 3 N–H and O–H groups in total. The summed E-state index contributed by atoms with van der Waals surface area (Å²) in [6, 6.07) is 3.92. The number of nitrogens with two attached hydrogens (primary N) is 1. The van der Waals surface area contributed by atoms with Gasteiger partial charge >= 0.3 is 5.97 Å². The van der Waals surface area contributed by atoms with Gasteiger partial charge in [-0.15, -0.1) is 0 Å². The van der Waals surface area contributed by atoms with E-state index in [4.69, 9.17) is 22.1 Å². The van der Waals surface area contributed by atoms with Crippen molar-refractivity contribution < 1.29 is 14.6 Å². The van der Waals surface area contributed by atoms with Crippen molar-refractivity contribution >= 4 is 17.6 Å². The molecular weight excluding hydrogens is 242 g/mol. The van der Waals surface area contributed by atoms with E-state index >= 15 is 0 Å². The first-order valence-electron chi connectivity index (χ1n) is 5.33. The monoisotopic (exact) mass is 257 g/mol. The van der Waals surface area contributed by atoms with E-state index < -0.39 is 18.1 Å². The Hall–Kier alpha value is -1.10. The van der Waals surface area contributed by atoms with Gasteiger partial charge in [-0.1, -0.05) is 17.7 Å². The zero-order valence-corrected chi connectivity index (χ0v) is 10.6. The Balaban J connectivity index is 2.88. The summed E-state index contributed by atoms with van der Waals surface area (Å²) in [6.45, 7) is 3.71. The molecule has 0 saturated carbocycles. The molecule has 0 saturated heterocycles. The van der Waals surface area contributed by atoms with E-state index in [9.17, 15) is 9.90 Å². The van der Waals surface area contributed by atoms with Gasteiger partial charge in [0.1, 0.15) is 12.1 Å². The fourth-order valence-electron chi connectivity index (χ4n) is 1.53. The van der Waals surface area contributed by atoms with Gasteiger partial charge in [0, 0.05) is 5.02 Å². The van der Waals surface area contributed by atoms with E-state index in [1.54, 1.807) is 32.0 Å². The van der Waals surface area contributed by atoms with Crippen molar-refractivity contribution in [3.05, 3.63) is 34.3 Å². The van der Waals surface area contributed by atoms with Gasteiger partial charge in [-0.25, -0.2) is 0 Å². The van der Waals surface area contributed by atoms with Gasteiger partial charge in [0.15, 0.2) is 0 Å². The lowest BCUT2D eigenvalue weighted by Crippen LogP contribution is -2.38. The van der Waals surface area contributed by atoms with Crippen LogP contribution in [0.25, 0.3) is 0 Å². The Morgan fingerprint density at radius 1 is 1.59 bits per heavy atom. The van der Waals surface area contributed by atoms with Gasteiger partial charge in [0.25, 0.3) is 0 Å². The summed E-state index contributed by atoms with van der Waals surface area (Å²) >= 11 is 5.81. The average molecular weight is 258 g/mol. The molecular formula is C12H16ClNO3. The van der Waals surface area contributed by atoms with Crippen molar-refractivity contribution in [3.8, 4) is 0 Å². The van der Waals surface area contributed by atoms with Crippen LogP contribution in [-0.2, 0) is 9.53 Å². The predicted molar refractivity (Wildman–Crippen MR) is 65.8 cm³/mol. The third-order valence-corrected chi connectivity index (χ3v) is 2.68. The van der Waals surface area contributed by atoms with Gasteiger partial charge in [-0.3, -0.25) is 4.79 Å². The SMILES string of the molecule is CCOC(=O)C(N)C(O)c1ccc(Cl)cc1C. The summed E-state index contributed by atoms with van der Waals surface area (Å²) in [4.78, 5) is 11.4. The Labute approximate surface area is 105 Å². The Morgan fingerprint density at radius 3 is 2.76 bits per heavy atom. The van der Waals surface area contributed by atoms with Crippen molar-refractivity contribution in [2.75, 3.05) is 6.61 Å². The predicted octanol–water partition coefficient (Wildman–Crippen LogP) is 1.57. The minimum absolute atomic E-state index is 0.235. The van der Waals surface area contributed by atoms with Crippen molar-refractivity contribution in [3.63, 3.8) is 0 Å². The molecule has 1 aromatic carbocycles. The summed E-state index contributed by atoms with van der Waals surface area (Å²) in [5.74, 6) is -0.616. The summed E-state index contributed by atoms with van der Waals surface area (Å²) in [7, 11) is 0. The number of aryl methyl sites for hydroxylation is 1. The maximum Gasteiger partial charge on any atom is 0.325 e. The van der Waals surface area contributed by atoms with E-state index in [0.29, 0.717) is 10.6 Å². The molecule has 0 heterocycles. The topological polar surface area (TPSA) is 72.5 Å². The van der Waals surface area contributed by atoms with Gasteiger partial charge in [-0.2, -0.15) is 0 Å². The molecule has 5 heteroatoms. The molecule has 0 aliphatic heterocycles. The summed E-state index contributed by atoms with van der Waals surface area (Å²) < 4.78 is 4.76. The highest BCUT2D eigenvalue weighted by atomic mass is 35.5. The van der Waals surface area contributed by atoms with E-state index in [0.717, 1.165) is 5.56 Å². The number of hydrogen-bond donors (Lipinski definition) is 2. The number of carbonyl (C=O) groups excluding carboxylic acids is 1. The maximum absolute atomic E-state index is 11.4. The highest BCUT2D eigenvalue weighted by Crippen LogP contribution is 2.23. The van der Waals surface area contributed by atoms with Crippen LogP contribution in [0.2, 0.25) is 5.02 Å². The number of halogens is 1. The standard InChI is InChI=1S/C12H16ClNO3/c1-3-17-12(16)10(14)11(15)9-5-4-8(13)6-7(9)2/h4-6,10-11,15H,3,14H2,1-2H3. The molecule has 0 bridgehead atoms. The summed E-state index contributed by atoms with van der Waals surface area (Å²) in [5.41, 5.74) is 6.99. The molecule has 17 heavy (non-hydrogen) atoms. The molecule has 0 aromatic heterocycles. The third kappa shape index (κ3) is 3.43. The van der Waals surface area contributed by atoms with E-state index in [-0.39, 0.29) is 6.61 Å². The fraction of sp³-hybridized carbons (Fsp3) is 0.417. The molecule has 2 atom stereocenters. The Morgan fingerprint density at radius 2 is 2.24 bits per heavy atom. The number of carbonyl (C=O) groups is 1. The summed E-state index contributed by atoms with van der Waals surface area (Å²) in [5, 5.41) is 10.6. The molecule has 1 aromatic rings. The molecule has 1 rings (SSSR count). The maximum atomic E-state index is 11.4. The summed E-state index contributed by atoms with van der Waals surface area (Å²) in [6.07, 6.45) is -1.09. The van der Waals surface area contributed by atoms with Crippen molar-refractivity contribution in [1.82, 2.24) is 0 Å². The molecule has 2 unspecified atom stereocenters. The average Bonchev–Trinajstić information content (AvgIpc) is 2.27. The normalized spacial score (nSPS) is 14.2. The van der Waals surface area contributed by atoms with Crippen LogP contribution < -0.4 is 5.73 Å². The van der Waals surface area contributed by atoms with Gasteiger partial charge in [0.2, 0.25) is 0 Å². The largest absolute Gasteiger partial charge is 0.465 e. The van der Waals surface area contributed by atoms with E-state index in [2.05, 4.69) is 0 Å². The Kier molecular flexibility index (Phi) is 4.93. The number of aliphatic hydroxyl groups is 1. The zero-order valence-electron chi connectivity index (χ0n) is 9.81. The second-order valence-corrected chi connectivity index (χ2v) is 4.16. The Bertz CT molecular complexity index is 409. The molecule has 0 aliphatic rings. The third-order valence-electron chi connectivity index (χ3n) is 2.45. The van der Waals surface area contributed by atoms with Crippen LogP contribution >= 0.6 is 11.6 Å². The van der Waals surface area contributed by atoms with Gasteiger partial charge in [-0.05, 0) is 37.1 Å². The van der Waals surface area contributed by atoms with Crippen LogP contribution in [0, 0.1) is 6.92 Å². The van der Waals surface area contributed by atoms with Crippen LogP contribution in [0.15, 0.2) is 18.2 Å². The number of aliphatic hydroxyl groups excluding tert-OH is 1. The number of esters is 1. The first-order valence-corrected chi connectivity index (χ1v) is 5.71. The molecule has 0 aliphatic carbocycles. The fourth-order valence-corrected chi connectivity index (χ4v) is 1.76. The van der Waals surface area contributed by atoms with E-state index in [1.165, 1.54) is 0 Å². The van der Waals surface area contributed by atoms with Crippen LogP contribution in [0.3, 0.4) is 0 Å². The molecule has 0 fully saturated rings. The quantitative estimate of drug-likeness (QED) is 0.803. The number of ether oxygens (including phenoxy) is 1. The minimum atomic E-state index is -1.09. The van der Waals surface area contributed by atoms with Crippen molar-refractivity contribution in [2.45, 2.75) is 26.0 Å². The second-order valence-electron chi connectivity index (χ2n) is 3.72. The second kappa shape index (κ2) is 6.00. The minimum Gasteiger partial charge on any atom is -0.465 e. The molecule has 0 amide bonds. The first-order chi connectivity index (χ1) is 7.97. The lowest BCUT2D eigenvalue weighted by Gasteiger charge is -2.19. The highest BCUT2D eigenvalue weighted by molar-refractivity contribution is 6.30. The number of hydrogen-bond acceptors (Lipinski definition) is 4. The van der Waals surface area contributed by atoms with Crippen LogP contribution in [0.4, 0.5) is 0 Å². The lowest BCUT2D eigenvalue weighted by molar-refractivity contribution is -0.147. The molecule has 94 valence electrons.